The number of hydrogen-bond donors (Lipinski definition) is 4. The Kier molecular flexibility index (Phi) is 5.68. The van der Waals surface area contributed by atoms with Crippen molar-refractivity contribution in [3.05, 3.63) is 59.7 Å². The second kappa shape index (κ2) is 7.72. The molecule has 0 spiro atoms. The van der Waals surface area contributed by atoms with Crippen LogP contribution in [0.4, 0.5) is 0 Å². The number of carboxylic acid groups (broad SMARTS) is 2. The third-order valence-electron chi connectivity index (χ3n) is 3.79. The Bertz CT molecular complexity index is 647. The molecule has 0 heterocycles. The zero-order chi connectivity index (χ0) is 17.7. The van der Waals surface area contributed by atoms with Crippen LogP contribution in [0.2, 0.25) is 0 Å². The summed E-state index contributed by atoms with van der Waals surface area (Å²) in [5.41, 5.74) is 14.7. The van der Waals surface area contributed by atoms with Crippen molar-refractivity contribution in [1.29, 1.82) is 0 Å². The van der Waals surface area contributed by atoms with Crippen molar-refractivity contribution in [2.45, 2.75) is 24.9 Å². The number of aliphatic carboxylic acids is 2. The second-order valence-corrected chi connectivity index (χ2v) is 5.69. The van der Waals surface area contributed by atoms with Crippen LogP contribution >= 0.6 is 0 Å². The molecule has 6 N–H and O–H groups in total. The van der Waals surface area contributed by atoms with Gasteiger partial charge < -0.3 is 21.7 Å². The van der Waals surface area contributed by atoms with Crippen molar-refractivity contribution in [1.82, 2.24) is 0 Å². The van der Waals surface area contributed by atoms with Gasteiger partial charge in [-0.25, -0.2) is 0 Å². The molecule has 2 rings (SSSR count). The smallest absolute Gasteiger partial charge is 0.320 e. The van der Waals surface area contributed by atoms with Crippen LogP contribution in [-0.2, 0) is 22.4 Å². The van der Waals surface area contributed by atoms with Gasteiger partial charge in [-0.3, -0.25) is 9.59 Å². The van der Waals surface area contributed by atoms with E-state index in [9.17, 15) is 9.59 Å². The highest BCUT2D eigenvalue weighted by Crippen LogP contribution is 2.21. The zero-order valence-corrected chi connectivity index (χ0v) is 13.1. The van der Waals surface area contributed by atoms with Crippen LogP contribution in [0.25, 0.3) is 11.1 Å². The maximum Gasteiger partial charge on any atom is 0.320 e. The normalized spacial score (nSPS) is 13.2. The third kappa shape index (κ3) is 4.65. The van der Waals surface area contributed by atoms with E-state index in [1.54, 1.807) is 0 Å². The van der Waals surface area contributed by atoms with E-state index in [2.05, 4.69) is 0 Å². The maximum atomic E-state index is 10.8. The summed E-state index contributed by atoms with van der Waals surface area (Å²) in [6.07, 6.45) is 0.559. The van der Waals surface area contributed by atoms with E-state index in [1.807, 2.05) is 48.5 Å². The Morgan fingerprint density at radius 2 is 1.00 bits per heavy atom. The Hall–Kier alpha value is -2.70. The number of nitrogens with two attached hydrogens (primary N) is 2. The number of benzene rings is 2. The summed E-state index contributed by atoms with van der Waals surface area (Å²) >= 11 is 0. The predicted molar refractivity (Wildman–Crippen MR) is 90.5 cm³/mol. The molecule has 0 aliphatic rings. The lowest BCUT2D eigenvalue weighted by molar-refractivity contribution is -0.139. The minimum Gasteiger partial charge on any atom is -0.480 e. The quantitative estimate of drug-likeness (QED) is 0.606. The van der Waals surface area contributed by atoms with Gasteiger partial charge in [-0.2, -0.15) is 0 Å². The fraction of sp³-hybridized carbons (Fsp3) is 0.222. The molecule has 0 radical (unpaired) electrons. The maximum absolute atomic E-state index is 10.8. The lowest BCUT2D eigenvalue weighted by Gasteiger charge is -2.09. The van der Waals surface area contributed by atoms with E-state index in [4.69, 9.17) is 21.7 Å². The molecule has 2 atom stereocenters. The first-order chi connectivity index (χ1) is 11.4. The summed E-state index contributed by atoms with van der Waals surface area (Å²) in [6.45, 7) is 0. The van der Waals surface area contributed by atoms with Crippen LogP contribution in [0, 0.1) is 0 Å². The van der Waals surface area contributed by atoms with E-state index >= 15 is 0 Å². The summed E-state index contributed by atoms with van der Waals surface area (Å²) in [5.74, 6) is -2.04. The molecular formula is C18H20N2O4. The fourth-order valence-electron chi connectivity index (χ4n) is 2.35. The topological polar surface area (TPSA) is 127 Å². The second-order valence-electron chi connectivity index (χ2n) is 5.69. The molecule has 2 aromatic carbocycles. The zero-order valence-electron chi connectivity index (χ0n) is 13.1. The van der Waals surface area contributed by atoms with Gasteiger partial charge in [-0.05, 0) is 35.1 Å². The van der Waals surface area contributed by atoms with Gasteiger partial charge in [-0.1, -0.05) is 48.5 Å². The first-order valence-electron chi connectivity index (χ1n) is 7.52. The molecule has 0 saturated carbocycles. The van der Waals surface area contributed by atoms with Crippen molar-refractivity contribution in [2.24, 2.45) is 11.5 Å². The molecule has 6 heteroatoms. The molecule has 24 heavy (non-hydrogen) atoms. The van der Waals surface area contributed by atoms with Crippen molar-refractivity contribution in [3.8, 4) is 11.1 Å². The monoisotopic (exact) mass is 328 g/mol. The summed E-state index contributed by atoms with van der Waals surface area (Å²) in [6, 6.07) is 13.2. The minimum absolute atomic E-state index is 0.279. The molecular weight excluding hydrogens is 308 g/mol. The van der Waals surface area contributed by atoms with Crippen molar-refractivity contribution >= 4 is 11.9 Å². The van der Waals surface area contributed by atoms with Crippen LogP contribution < -0.4 is 11.5 Å². The summed E-state index contributed by atoms with van der Waals surface area (Å²) in [5, 5.41) is 17.7. The van der Waals surface area contributed by atoms with E-state index < -0.39 is 24.0 Å². The number of carboxylic acids is 2. The van der Waals surface area contributed by atoms with Crippen LogP contribution in [0.5, 0.6) is 0 Å². The average molecular weight is 328 g/mol. The number of rotatable bonds is 7. The number of hydrogen-bond acceptors (Lipinski definition) is 4. The van der Waals surface area contributed by atoms with Crippen LogP contribution in [0.15, 0.2) is 48.5 Å². The summed E-state index contributed by atoms with van der Waals surface area (Å²) < 4.78 is 0. The van der Waals surface area contributed by atoms with Gasteiger partial charge in [-0.15, -0.1) is 0 Å². The largest absolute Gasteiger partial charge is 0.480 e. The highest BCUT2D eigenvalue weighted by molar-refractivity contribution is 5.74. The Labute approximate surface area is 139 Å². The molecule has 6 nitrogen and oxygen atoms in total. The Morgan fingerprint density at radius 1 is 0.708 bits per heavy atom. The first-order valence-corrected chi connectivity index (χ1v) is 7.52. The SMILES string of the molecule is NC(Cc1ccc(-c2ccc(CC(N)C(=O)O)cc2)cc1)C(=O)O. The van der Waals surface area contributed by atoms with Crippen LogP contribution in [-0.4, -0.2) is 34.2 Å². The third-order valence-corrected chi connectivity index (χ3v) is 3.79. The average Bonchev–Trinajstić information content (AvgIpc) is 2.56. The van der Waals surface area contributed by atoms with Gasteiger partial charge in [0.2, 0.25) is 0 Å². The van der Waals surface area contributed by atoms with Gasteiger partial charge in [0.1, 0.15) is 12.1 Å². The van der Waals surface area contributed by atoms with Gasteiger partial charge in [0.05, 0.1) is 0 Å². The highest BCUT2D eigenvalue weighted by atomic mass is 16.4. The minimum atomic E-state index is -1.02. The molecule has 0 bridgehead atoms. The molecule has 0 amide bonds. The number of carbonyl (C=O) groups is 2. The van der Waals surface area contributed by atoms with Crippen LogP contribution in [0.3, 0.4) is 0 Å². The van der Waals surface area contributed by atoms with E-state index in [0.29, 0.717) is 0 Å². The molecule has 0 aliphatic heterocycles. The van der Waals surface area contributed by atoms with Gasteiger partial charge in [0.15, 0.2) is 0 Å². The van der Waals surface area contributed by atoms with Gasteiger partial charge >= 0.3 is 11.9 Å². The lowest BCUT2D eigenvalue weighted by Crippen LogP contribution is -2.32. The van der Waals surface area contributed by atoms with E-state index in [1.165, 1.54) is 0 Å². The van der Waals surface area contributed by atoms with Crippen molar-refractivity contribution in [2.75, 3.05) is 0 Å². The first kappa shape index (κ1) is 17.7. The summed E-state index contributed by atoms with van der Waals surface area (Å²) in [4.78, 5) is 21.5. The molecule has 0 aliphatic carbocycles. The molecule has 0 aromatic heterocycles. The molecule has 0 fully saturated rings. The molecule has 2 unspecified atom stereocenters. The molecule has 126 valence electrons. The standard InChI is InChI=1S/C18H20N2O4/c19-15(17(21)22)9-11-1-5-13(6-2-11)14-7-3-12(4-8-14)10-16(20)18(23)24/h1-8,15-16H,9-10,19-20H2,(H,21,22)(H,23,24). The van der Waals surface area contributed by atoms with Crippen LogP contribution in [0.1, 0.15) is 11.1 Å². The molecule has 0 saturated heterocycles. The van der Waals surface area contributed by atoms with E-state index in [-0.39, 0.29) is 12.8 Å². The van der Waals surface area contributed by atoms with E-state index in [0.717, 1.165) is 22.3 Å². The lowest BCUT2D eigenvalue weighted by atomic mass is 9.98. The fourth-order valence-corrected chi connectivity index (χ4v) is 2.35. The van der Waals surface area contributed by atoms with Crippen molar-refractivity contribution in [3.63, 3.8) is 0 Å². The Balaban J connectivity index is 2.06. The molecule has 2 aromatic rings. The Morgan fingerprint density at radius 3 is 1.25 bits per heavy atom. The van der Waals surface area contributed by atoms with Gasteiger partial charge in [0.25, 0.3) is 0 Å². The predicted octanol–water partition coefficient (Wildman–Crippen LogP) is 1.26. The summed E-state index contributed by atoms with van der Waals surface area (Å²) in [7, 11) is 0. The van der Waals surface area contributed by atoms with Gasteiger partial charge in [0, 0.05) is 0 Å². The van der Waals surface area contributed by atoms with Crippen molar-refractivity contribution < 1.29 is 19.8 Å². The highest BCUT2D eigenvalue weighted by Gasteiger charge is 2.13.